The minimum absolute atomic E-state index is 0.0129. The summed E-state index contributed by atoms with van der Waals surface area (Å²) >= 11 is 0. The average molecular weight is 381 g/mol. The van der Waals surface area contributed by atoms with Crippen LogP contribution in [0.3, 0.4) is 0 Å². The van der Waals surface area contributed by atoms with Crippen molar-refractivity contribution in [3.8, 4) is 11.5 Å². The molecule has 7 nitrogen and oxygen atoms in total. The first-order valence-corrected chi connectivity index (χ1v) is 9.10. The van der Waals surface area contributed by atoms with Crippen molar-refractivity contribution in [2.75, 3.05) is 12.8 Å². The molecule has 148 valence electrons. The Bertz CT molecular complexity index is 915. The lowest BCUT2D eigenvalue weighted by Gasteiger charge is -2.10. The quantitative estimate of drug-likeness (QED) is 0.499. The molecule has 0 fully saturated rings. The van der Waals surface area contributed by atoms with Crippen LogP contribution in [0.15, 0.2) is 65.7 Å². The second kappa shape index (κ2) is 10.1. The molecule has 2 aromatic rings. The summed E-state index contributed by atoms with van der Waals surface area (Å²) < 4.78 is 11.8. The summed E-state index contributed by atoms with van der Waals surface area (Å²) in [7, 11) is 1.58. The lowest BCUT2D eigenvalue weighted by molar-refractivity contribution is 0.309. The van der Waals surface area contributed by atoms with Gasteiger partial charge in [0.1, 0.15) is 5.76 Å². The van der Waals surface area contributed by atoms with Gasteiger partial charge in [0.15, 0.2) is 17.3 Å². The SMILES string of the molecule is C=C(/C=C\C=C/C(C)n1cc(C(/C=C\CC)=C/C)nc1-c1nonc1N)OC. The minimum Gasteiger partial charge on any atom is -0.497 e. The van der Waals surface area contributed by atoms with Gasteiger partial charge in [-0.1, -0.05) is 50.0 Å². The van der Waals surface area contributed by atoms with Gasteiger partial charge in [-0.25, -0.2) is 9.61 Å². The molecule has 0 aliphatic carbocycles. The van der Waals surface area contributed by atoms with Crippen molar-refractivity contribution in [2.45, 2.75) is 33.2 Å². The van der Waals surface area contributed by atoms with Gasteiger partial charge in [0.05, 0.1) is 18.8 Å². The van der Waals surface area contributed by atoms with Crippen LogP contribution in [-0.4, -0.2) is 27.0 Å². The maximum atomic E-state index is 5.91. The summed E-state index contributed by atoms with van der Waals surface area (Å²) in [6.45, 7) is 9.87. The van der Waals surface area contributed by atoms with E-state index < -0.39 is 0 Å². The number of aromatic nitrogens is 4. The maximum Gasteiger partial charge on any atom is 0.199 e. The Morgan fingerprint density at radius 3 is 2.75 bits per heavy atom. The van der Waals surface area contributed by atoms with E-state index in [1.165, 1.54) is 0 Å². The van der Waals surface area contributed by atoms with E-state index in [-0.39, 0.29) is 11.9 Å². The number of hydrogen-bond acceptors (Lipinski definition) is 6. The second-order valence-corrected chi connectivity index (χ2v) is 6.06. The fourth-order valence-electron chi connectivity index (χ4n) is 2.49. The van der Waals surface area contributed by atoms with Gasteiger partial charge in [0, 0.05) is 6.20 Å². The van der Waals surface area contributed by atoms with Gasteiger partial charge in [-0.15, -0.1) is 0 Å². The molecule has 0 spiro atoms. The van der Waals surface area contributed by atoms with Crippen molar-refractivity contribution in [1.82, 2.24) is 19.9 Å². The molecule has 2 aromatic heterocycles. The summed E-state index contributed by atoms with van der Waals surface area (Å²) in [4.78, 5) is 4.74. The third-order valence-corrected chi connectivity index (χ3v) is 4.08. The smallest absolute Gasteiger partial charge is 0.199 e. The summed E-state index contributed by atoms with van der Waals surface area (Å²) in [5.74, 6) is 1.39. The van der Waals surface area contributed by atoms with Crippen molar-refractivity contribution in [3.63, 3.8) is 0 Å². The number of methoxy groups -OCH3 is 1. The highest BCUT2D eigenvalue weighted by molar-refractivity contribution is 5.74. The average Bonchev–Trinajstić information content (AvgIpc) is 3.31. The van der Waals surface area contributed by atoms with Gasteiger partial charge in [-0.3, -0.25) is 0 Å². The molecule has 0 radical (unpaired) electrons. The van der Waals surface area contributed by atoms with Crippen LogP contribution >= 0.6 is 0 Å². The monoisotopic (exact) mass is 381 g/mol. The first-order chi connectivity index (χ1) is 13.5. The Kier molecular flexibility index (Phi) is 7.56. The van der Waals surface area contributed by atoms with Crippen molar-refractivity contribution >= 4 is 11.4 Å². The third-order valence-electron chi connectivity index (χ3n) is 4.08. The Balaban J connectivity index is 2.42. The minimum atomic E-state index is -0.0129. The van der Waals surface area contributed by atoms with E-state index in [4.69, 9.17) is 20.1 Å². The fraction of sp³-hybridized carbons (Fsp3) is 0.286. The number of rotatable bonds is 9. The first kappa shape index (κ1) is 21.0. The number of nitrogens with zero attached hydrogens (tertiary/aromatic N) is 4. The molecule has 2 N–H and O–H groups in total. The zero-order valence-electron chi connectivity index (χ0n) is 16.8. The number of ether oxygens (including phenoxy) is 1. The van der Waals surface area contributed by atoms with Gasteiger partial charge in [-0.05, 0) is 42.2 Å². The summed E-state index contributed by atoms with van der Waals surface area (Å²) in [6.07, 6.45) is 16.7. The molecule has 0 aliphatic heterocycles. The molecule has 0 aromatic carbocycles. The van der Waals surface area contributed by atoms with Crippen molar-refractivity contribution in [2.24, 2.45) is 0 Å². The molecule has 1 atom stereocenters. The van der Waals surface area contributed by atoms with Crippen molar-refractivity contribution < 1.29 is 9.37 Å². The van der Waals surface area contributed by atoms with Gasteiger partial charge < -0.3 is 15.0 Å². The molecule has 0 saturated carbocycles. The van der Waals surface area contributed by atoms with Gasteiger partial charge in [-0.2, -0.15) is 0 Å². The van der Waals surface area contributed by atoms with E-state index in [0.717, 1.165) is 17.7 Å². The van der Waals surface area contributed by atoms with Crippen LogP contribution in [0, 0.1) is 0 Å². The number of allylic oxidation sites excluding steroid dienone is 8. The normalized spacial score (nSPS) is 13.8. The summed E-state index contributed by atoms with van der Waals surface area (Å²) in [5.41, 5.74) is 8.17. The second-order valence-electron chi connectivity index (χ2n) is 6.06. The highest BCUT2D eigenvalue weighted by Gasteiger charge is 2.20. The molecular formula is C21H27N5O2. The maximum absolute atomic E-state index is 5.91. The molecule has 7 heteroatoms. The highest BCUT2D eigenvalue weighted by atomic mass is 16.6. The van der Waals surface area contributed by atoms with Gasteiger partial charge in [0.25, 0.3) is 0 Å². The van der Waals surface area contributed by atoms with Crippen LogP contribution in [-0.2, 0) is 4.74 Å². The van der Waals surface area contributed by atoms with Crippen molar-refractivity contribution in [3.05, 3.63) is 66.8 Å². The van der Waals surface area contributed by atoms with Gasteiger partial charge in [0.2, 0.25) is 0 Å². The zero-order valence-corrected chi connectivity index (χ0v) is 16.8. The van der Waals surface area contributed by atoms with E-state index in [1.54, 1.807) is 13.2 Å². The van der Waals surface area contributed by atoms with E-state index in [0.29, 0.717) is 17.3 Å². The van der Waals surface area contributed by atoms with Crippen LogP contribution in [0.2, 0.25) is 0 Å². The third kappa shape index (κ3) is 5.09. The lowest BCUT2D eigenvalue weighted by atomic mass is 10.1. The Morgan fingerprint density at radius 1 is 1.36 bits per heavy atom. The van der Waals surface area contributed by atoms with Crippen LogP contribution in [0.5, 0.6) is 0 Å². The molecule has 0 bridgehead atoms. The molecule has 2 heterocycles. The van der Waals surface area contributed by atoms with Crippen LogP contribution in [0.4, 0.5) is 5.82 Å². The predicted molar refractivity (Wildman–Crippen MR) is 112 cm³/mol. The van der Waals surface area contributed by atoms with Gasteiger partial charge >= 0.3 is 0 Å². The van der Waals surface area contributed by atoms with E-state index >= 15 is 0 Å². The largest absolute Gasteiger partial charge is 0.497 e. The highest BCUT2D eigenvalue weighted by Crippen LogP contribution is 2.28. The fourth-order valence-corrected chi connectivity index (χ4v) is 2.49. The van der Waals surface area contributed by atoms with E-state index in [2.05, 4.69) is 36.0 Å². The Labute approximate surface area is 165 Å². The lowest BCUT2D eigenvalue weighted by Crippen LogP contribution is -2.04. The van der Waals surface area contributed by atoms with Crippen molar-refractivity contribution in [1.29, 1.82) is 0 Å². The molecular weight excluding hydrogens is 354 g/mol. The number of nitrogen functional groups attached to an aromatic ring is 1. The number of anilines is 1. The van der Waals surface area contributed by atoms with Crippen LogP contribution in [0.25, 0.3) is 17.1 Å². The molecule has 28 heavy (non-hydrogen) atoms. The molecule has 0 amide bonds. The summed E-state index contributed by atoms with van der Waals surface area (Å²) in [6, 6.07) is -0.0129. The topological polar surface area (TPSA) is 92.0 Å². The van der Waals surface area contributed by atoms with Crippen LogP contribution < -0.4 is 5.73 Å². The van der Waals surface area contributed by atoms with E-state index in [1.807, 2.05) is 48.9 Å². The number of imidazole rings is 1. The van der Waals surface area contributed by atoms with Crippen LogP contribution in [0.1, 0.15) is 38.9 Å². The summed E-state index contributed by atoms with van der Waals surface area (Å²) in [5, 5.41) is 7.60. The molecule has 0 aliphatic rings. The standard InChI is InChI=1S/C21H27N5O2/c1-6-8-13-17(7-2)18-14-26(15(3)11-9-10-12-16(4)27-5)21(23-18)19-20(22)25-28-24-19/h7-15H,4,6H2,1-3,5H3,(H2,22,25)/b11-9-,12-10-,13-8-,17-7+. The molecule has 0 saturated heterocycles. The molecule has 2 rings (SSSR count). The Hall–Kier alpha value is -3.35. The number of nitrogens with two attached hydrogens (primary N) is 1. The Morgan fingerprint density at radius 2 is 2.14 bits per heavy atom. The van der Waals surface area contributed by atoms with E-state index in [9.17, 15) is 0 Å². The first-order valence-electron chi connectivity index (χ1n) is 9.10. The molecule has 1 unspecified atom stereocenters. The predicted octanol–water partition coefficient (Wildman–Crippen LogP) is 4.72. The zero-order chi connectivity index (χ0) is 20.5. The number of hydrogen-bond donors (Lipinski definition) is 1.